The maximum absolute atomic E-state index is 13.1. The van der Waals surface area contributed by atoms with E-state index >= 15 is 0 Å². The molecule has 2 amide bonds. The summed E-state index contributed by atoms with van der Waals surface area (Å²) in [7, 11) is 1.97. The maximum atomic E-state index is 13.1. The van der Waals surface area contributed by atoms with Crippen LogP contribution in [-0.4, -0.2) is 33.9 Å². The van der Waals surface area contributed by atoms with E-state index in [1.807, 2.05) is 54.2 Å². The Morgan fingerprint density at radius 2 is 2.25 bits per heavy atom. The van der Waals surface area contributed by atoms with Crippen LogP contribution in [-0.2, 0) is 23.2 Å². The molecule has 1 aliphatic heterocycles. The number of carbonyl (C=O) groups excluding carboxylic acids is 2. The first-order valence-corrected chi connectivity index (χ1v) is 8.68. The van der Waals surface area contributed by atoms with Gasteiger partial charge in [-0.1, -0.05) is 24.3 Å². The van der Waals surface area contributed by atoms with Crippen LogP contribution in [0.2, 0.25) is 0 Å². The van der Waals surface area contributed by atoms with E-state index in [9.17, 15) is 9.59 Å². The van der Waals surface area contributed by atoms with Crippen molar-refractivity contribution in [3.63, 3.8) is 0 Å². The molecule has 1 fully saturated rings. The van der Waals surface area contributed by atoms with Gasteiger partial charge < -0.3 is 14.8 Å². The van der Waals surface area contributed by atoms with E-state index < -0.39 is 0 Å². The second-order valence-corrected chi connectivity index (χ2v) is 6.53. The number of aromatic nitrogens is 1. The summed E-state index contributed by atoms with van der Waals surface area (Å²) in [4.78, 5) is 27.4. The molecule has 3 rings (SSSR count). The third-order valence-electron chi connectivity index (χ3n) is 4.85. The fraction of sp³-hybridized carbons (Fsp3) is 0.474. The first kappa shape index (κ1) is 16.6. The van der Waals surface area contributed by atoms with E-state index in [1.165, 1.54) is 0 Å². The van der Waals surface area contributed by atoms with Crippen LogP contribution < -0.4 is 5.32 Å². The minimum atomic E-state index is -0.380. The molecular weight excluding hydrogens is 302 g/mol. The predicted molar refractivity (Wildman–Crippen MR) is 93.0 cm³/mol. The Morgan fingerprint density at radius 3 is 2.96 bits per heavy atom. The molecule has 0 spiro atoms. The van der Waals surface area contributed by atoms with Gasteiger partial charge in [0.05, 0.1) is 12.5 Å². The van der Waals surface area contributed by atoms with Crippen LogP contribution in [0.3, 0.4) is 0 Å². The Labute approximate surface area is 143 Å². The fourth-order valence-electron chi connectivity index (χ4n) is 3.37. The van der Waals surface area contributed by atoms with Gasteiger partial charge in [0.2, 0.25) is 11.8 Å². The number of rotatable bonds is 4. The Hall–Kier alpha value is -2.30. The van der Waals surface area contributed by atoms with E-state index in [4.69, 9.17) is 0 Å². The van der Waals surface area contributed by atoms with Crippen molar-refractivity contribution in [3.05, 3.63) is 48.3 Å². The molecule has 2 atom stereocenters. The number of hydrogen-bond donors (Lipinski definition) is 1. The normalized spacial score (nSPS) is 23.6. The molecule has 1 aromatic heterocycles. The number of amides is 2. The Balaban J connectivity index is 1.86. The SMILES string of the molecule is Cn1cccc1CN(C(=O)C1C=CC=CC1)C1CCCCNC1=O. The minimum absolute atomic E-state index is 0.0228. The summed E-state index contributed by atoms with van der Waals surface area (Å²) in [5.41, 5.74) is 1.04. The molecule has 1 N–H and O–H groups in total. The van der Waals surface area contributed by atoms with E-state index in [-0.39, 0.29) is 23.8 Å². The molecule has 5 nitrogen and oxygen atoms in total. The zero-order chi connectivity index (χ0) is 16.9. The lowest BCUT2D eigenvalue weighted by molar-refractivity contribution is -0.143. The number of allylic oxidation sites excluding steroid dienone is 3. The third kappa shape index (κ3) is 3.61. The van der Waals surface area contributed by atoms with Crippen molar-refractivity contribution in [3.8, 4) is 0 Å². The molecule has 0 aromatic carbocycles. The van der Waals surface area contributed by atoms with Crippen LogP contribution in [0.15, 0.2) is 42.6 Å². The van der Waals surface area contributed by atoms with Crippen LogP contribution in [0, 0.1) is 5.92 Å². The van der Waals surface area contributed by atoms with Crippen molar-refractivity contribution in [2.45, 2.75) is 38.3 Å². The molecule has 5 heteroatoms. The Bertz CT molecular complexity index is 659. The van der Waals surface area contributed by atoms with Gasteiger partial charge in [-0.25, -0.2) is 0 Å². The molecule has 2 aliphatic rings. The van der Waals surface area contributed by atoms with Gasteiger partial charge in [0.15, 0.2) is 0 Å². The average molecular weight is 327 g/mol. The topological polar surface area (TPSA) is 54.3 Å². The van der Waals surface area contributed by atoms with Crippen molar-refractivity contribution in [2.24, 2.45) is 13.0 Å². The molecule has 0 bridgehead atoms. The first-order valence-electron chi connectivity index (χ1n) is 8.68. The molecular formula is C19H25N3O2. The highest BCUT2D eigenvalue weighted by Gasteiger charge is 2.33. The Morgan fingerprint density at radius 1 is 1.38 bits per heavy atom. The summed E-state index contributed by atoms with van der Waals surface area (Å²) in [6.07, 6.45) is 13.2. The summed E-state index contributed by atoms with van der Waals surface area (Å²) in [5.74, 6) is -0.157. The minimum Gasteiger partial charge on any atom is -0.354 e. The highest BCUT2D eigenvalue weighted by Crippen LogP contribution is 2.22. The van der Waals surface area contributed by atoms with Crippen LogP contribution in [0.25, 0.3) is 0 Å². The van der Waals surface area contributed by atoms with Crippen molar-refractivity contribution >= 4 is 11.8 Å². The molecule has 2 unspecified atom stereocenters. The molecule has 0 saturated carbocycles. The highest BCUT2D eigenvalue weighted by molar-refractivity contribution is 5.89. The summed E-state index contributed by atoms with van der Waals surface area (Å²) in [6, 6.07) is 3.59. The summed E-state index contributed by atoms with van der Waals surface area (Å²) in [5, 5.41) is 2.96. The van der Waals surface area contributed by atoms with Gasteiger partial charge in [-0.15, -0.1) is 0 Å². The van der Waals surface area contributed by atoms with E-state index in [0.29, 0.717) is 19.5 Å². The summed E-state index contributed by atoms with van der Waals surface area (Å²) in [6.45, 7) is 1.17. The van der Waals surface area contributed by atoms with Crippen molar-refractivity contribution in [1.29, 1.82) is 0 Å². The molecule has 1 aliphatic carbocycles. The summed E-state index contributed by atoms with van der Waals surface area (Å²) < 4.78 is 2.01. The molecule has 24 heavy (non-hydrogen) atoms. The van der Waals surface area contributed by atoms with Gasteiger partial charge in [0, 0.05) is 25.5 Å². The second kappa shape index (κ2) is 7.51. The number of hydrogen-bond acceptors (Lipinski definition) is 2. The molecule has 1 saturated heterocycles. The molecule has 1 aromatic rings. The zero-order valence-electron chi connectivity index (χ0n) is 14.1. The van der Waals surface area contributed by atoms with Gasteiger partial charge in [0.25, 0.3) is 0 Å². The van der Waals surface area contributed by atoms with Gasteiger partial charge in [-0.2, -0.15) is 0 Å². The third-order valence-corrected chi connectivity index (χ3v) is 4.85. The van der Waals surface area contributed by atoms with Gasteiger partial charge in [0.1, 0.15) is 6.04 Å². The molecule has 2 heterocycles. The number of carbonyl (C=O) groups is 2. The first-order chi connectivity index (χ1) is 11.7. The fourth-order valence-corrected chi connectivity index (χ4v) is 3.37. The zero-order valence-corrected chi connectivity index (χ0v) is 14.1. The predicted octanol–water partition coefficient (Wildman–Crippen LogP) is 2.15. The van der Waals surface area contributed by atoms with Crippen molar-refractivity contribution < 1.29 is 9.59 Å². The van der Waals surface area contributed by atoms with Crippen molar-refractivity contribution in [2.75, 3.05) is 6.54 Å². The lowest BCUT2D eigenvalue weighted by atomic mass is 9.97. The van der Waals surface area contributed by atoms with Gasteiger partial charge in [-0.3, -0.25) is 9.59 Å². The van der Waals surface area contributed by atoms with Crippen LogP contribution in [0.5, 0.6) is 0 Å². The molecule has 0 radical (unpaired) electrons. The standard InChI is InChI=1S/C19H25N3O2/c1-21-13-7-10-16(21)14-22(17-11-5-6-12-20-18(17)23)19(24)15-8-3-2-4-9-15/h2-4,7-8,10,13,15,17H,5-6,9,11-12,14H2,1H3,(H,20,23). The van der Waals surface area contributed by atoms with Crippen LogP contribution in [0.1, 0.15) is 31.4 Å². The van der Waals surface area contributed by atoms with Crippen LogP contribution in [0.4, 0.5) is 0 Å². The van der Waals surface area contributed by atoms with E-state index in [1.54, 1.807) is 4.90 Å². The van der Waals surface area contributed by atoms with Crippen molar-refractivity contribution in [1.82, 2.24) is 14.8 Å². The number of nitrogens with one attached hydrogen (secondary N) is 1. The number of nitrogens with zero attached hydrogens (tertiary/aromatic N) is 2. The number of aryl methyl sites for hydroxylation is 1. The quantitative estimate of drug-likeness (QED) is 0.921. The summed E-state index contributed by atoms with van der Waals surface area (Å²) >= 11 is 0. The smallest absolute Gasteiger partial charge is 0.242 e. The van der Waals surface area contributed by atoms with Crippen LogP contribution >= 0.6 is 0 Å². The largest absolute Gasteiger partial charge is 0.354 e. The van der Waals surface area contributed by atoms with E-state index in [0.717, 1.165) is 25.0 Å². The Kier molecular flexibility index (Phi) is 5.18. The maximum Gasteiger partial charge on any atom is 0.242 e. The average Bonchev–Trinajstić information content (AvgIpc) is 2.88. The highest BCUT2D eigenvalue weighted by atomic mass is 16.2. The molecule has 128 valence electrons. The second-order valence-electron chi connectivity index (χ2n) is 6.53. The van der Waals surface area contributed by atoms with E-state index in [2.05, 4.69) is 5.32 Å². The lowest BCUT2D eigenvalue weighted by Crippen LogP contribution is -2.50. The lowest BCUT2D eigenvalue weighted by Gasteiger charge is -2.32. The van der Waals surface area contributed by atoms with Gasteiger partial charge >= 0.3 is 0 Å². The monoisotopic (exact) mass is 327 g/mol. The van der Waals surface area contributed by atoms with Gasteiger partial charge in [-0.05, 0) is 37.8 Å².